The number of carbonyl (C=O) groups excluding carboxylic acids is 1. The highest BCUT2D eigenvalue weighted by Crippen LogP contribution is 2.20. The van der Waals surface area contributed by atoms with Gasteiger partial charge in [0.1, 0.15) is 5.82 Å². The molecule has 0 unspecified atom stereocenters. The van der Waals surface area contributed by atoms with Gasteiger partial charge in [0.05, 0.1) is 0 Å². The zero-order valence-electron chi connectivity index (χ0n) is 18.5. The quantitative estimate of drug-likeness (QED) is 0.486. The molecule has 160 valence electrons. The van der Waals surface area contributed by atoms with Crippen LogP contribution in [0.3, 0.4) is 0 Å². The fourth-order valence-electron chi connectivity index (χ4n) is 3.21. The van der Waals surface area contributed by atoms with Gasteiger partial charge in [-0.15, -0.1) is 0 Å². The summed E-state index contributed by atoms with van der Waals surface area (Å²) in [7, 11) is 0. The van der Waals surface area contributed by atoms with Crippen molar-refractivity contribution >= 4 is 35.1 Å². The lowest BCUT2D eigenvalue weighted by Crippen LogP contribution is -2.23. The molecular formula is C25H29N5O. The smallest absolute Gasteiger partial charge is 0.248 e. The van der Waals surface area contributed by atoms with Gasteiger partial charge in [0.15, 0.2) is 0 Å². The molecule has 6 nitrogen and oxygen atoms in total. The van der Waals surface area contributed by atoms with Crippen molar-refractivity contribution in [2.75, 3.05) is 28.6 Å². The summed E-state index contributed by atoms with van der Waals surface area (Å²) in [4.78, 5) is 23.5. The molecule has 3 rings (SSSR count). The number of rotatable bonds is 8. The van der Waals surface area contributed by atoms with Gasteiger partial charge in [0.25, 0.3) is 0 Å². The van der Waals surface area contributed by atoms with E-state index in [0.29, 0.717) is 5.95 Å². The standard InChI is InChI=1S/C25H29N5O/c1-5-30(6-2)23-17-19(4)26-25(29-23)28-22-14-12-21(13-15-22)27-24(31)16-11-20-10-8-7-9-18(20)3/h7-17H,5-6H2,1-4H3,(H,27,31)(H,26,28,29)/b16-11+. The lowest BCUT2D eigenvalue weighted by molar-refractivity contribution is -0.111. The van der Waals surface area contributed by atoms with Gasteiger partial charge in [0.2, 0.25) is 11.9 Å². The maximum Gasteiger partial charge on any atom is 0.248 e. The molecule has 0 fully saturated rings. The lowest BCUT2D eigenvalue weighted by Gasteiger charge is -2.20. The Labute approximate surface area is 184 Å². The number of aromatic nitrogens is 2. The van der Waals surface area contributed by atoms with Gasteiger partial charge in [-0.25, -0.2) is 4.98 Å². The molecule has 1 heterocycles. The van der Waals surface area contributed by atoms with Crippen LogP contribution in [0.1, 0.15) is 30.7 Å². The van der Waals surface area contributed by atoms with Gasteiger partial charge in [0, 0.05) is 42.3 Å². The van der Waals surface area contributed by atoms with Crippen LogP contribution in [-0.4, -0.2) is 29.0 Å². The topological polar surface area (TPSA) is 70.2 Å². The fraction of sp³-hybridized carbons (Fsp3) is 0.240. The molecule has 0 aliphatic heterocycles. The Morgan fingerprint density at radius 1 is 0.968 bits per heavy atom. The molecule has 0 spiro atoms. The van der Waals surface area contributed by atoms with Crippen LogP contribution in [-0.2, 0) is 4.79 Å². The maximum absolute atomic E-state index is 12.2. The molecule has 0 bridgehead atoms. The normalized spacial score (nSPS) is 10.8. The van der Waals surface area contributed by atoms with E-state index in [-0.39, 0.29) is 5.91 Å². The van der Waals surface area contributed by atoms with Crippen LogP contribution >= 0.6 is 0 Å². The van der Waals surface area contributed by atoms with E-state index in [2.05, 4.69) is 39.3 Å². The molecule has 6 heteroatoms. The third-order valence-corrected chi connectivity index (χ3v) is 4.94. The highest BCUT2D eigenvalue weighted by atomic mass is 16.1. The maximum atomic E-state index is 12.2. The summed E-state index contributed by atoms with van der Waals surface area (Å²) >= 11 is 0. The number of nitrogens with one attached hydrogen (secondary N) is 2. The van der Waals surface area contributed by atoms with Crippen molar-refractivity contribution in [3.05, 3.63) is 77.5 Å². The number of carbonyl (C=O) groups is 1. The van der Waals surface area contributed by atoms with E-state index in [4.69, 9.17) is 0 Å². The molecule has 1 amide bonds. The Kier molecular flexibility index (Phi) is 7.38. The van der Waals surface area contributed by atoms with Gasteiger partial charge in [-0.1, -0.05) is 24.3 Å². The number of hydrogen-bond acceptors (Lipinski definition) is 5. The number of hydrogen-bond donors (Lipinski definition) is 2. The first kappa shape index (κ1) is 22.0. The van der Waals surface area contributed by atoms with E-state index in [9.17, 15) is 4.79 Å². The Morgan fingerprint density at radius 3 is 2.32 bits per heavy atom. The summed E-state index contributed by atoms with van der Waals surface area (Å²) < 4.78 is 0. The van der Waals surface area contributed by atoms with Crippen LogP contribution in [0.4, 0.5) is 23.1 Å². The molecule has 1 aromatic heterocycles. The van der Waals surface area contributed by atoms with Gasteiger partial charge >= 0.3 is 0 Å². The fourth-order valence-corrected chi connectivity index (χ4v) is 3.21. The summed E-state index contributed by atoms with van der Waals surface area (Å²) in [5.74, 6) is 1.29. The van der Waals surface area contributed by atoms with Gasteiger partial charge in [-0.3, -0.25) is 4.79 Å². The summed E-state index contributed by atoms with van der Waals surface area (Å²) in [6, 6.07) is 17.4. The third kappa shape index (κ3) is 6.15. The van der Waals surface area contributed by atoms with E-state index in [1.165, 1.54) is 0 Å². The van der Waals surface area contributed by atoms with Crippen molar-refractivity contribution in [1.29, 1.82) is 0 Å². The minimum Gasteiger partial charge on any atom is -0.357 e. The van der Waals surface area contributed by atoms with Crippen molar-refractivity contribution in [3.8, 4) is 0 Å². The van der Waals surface area contributed by atoms with E-state index in [1.54, 1.807) is 6.08 Å². The van der Waals surface area contributed by atoms with E-state index in [1.807, 2.05) is 74.5 Å². The highest BCUT2D eigenvalue weighted by molar-refractivity contribution is 6.02. The second kappa shape index (κ2) is 10.4. The minimum absolute atomic E-state index is 0.171. The number of nitrogens with zero attached hydrogens (tertiary/aromatic N) is 3. The highest BCUT2D eigenvalue weighted by Gasteiger charge is 2.08. The van der Waals surface area contributed by atoms with Crippen LogP contribution in [0.5, 0.6) is 0 Å². The molecule has 0 saturated heterocycles. The number of aryl methyl sites for hydroxylation is 2. The van der Waals surface area contributed by atoms with Crippen LogP contribution in [0, 0.1) is 13.8 Å². The average molecular weight is 416 g/mol. The molecule has 31 heavy (non-hydrogen) atoms. The zero-order chi connectivity index (χ0) is 22.2. The minimum atomic E-state index is -0.171. The SMILES string of the molecule is CCN(CC)c1cc(C)nc(Nc2ccc(NC(=O)/C=C/c3ccccc3C)cc2)n1. The van der Waals surface area contributed by atoms with Crippen LogP contribution in [0.2, 0.25) is 0 Å². The monoisotopic (exact) mass is 415 g/mol. The molecule has 0 aliphatic carbocycles. The number of amides is 1. The Bertz CT molecular complexity index is 1060. The molecule has 0 radical (unpaired) electrons. The first-order valence-corrected chi connectivity index (χ1v) is 10.5. The summed E-state index contributed by atoms with van der Waals surface area (Å²) in [5, 5.41) is 6.13. The molecular weight excluding hydrogens is 386 g/mol. The molecule has 2 N–H and O–H groups in total. The van der Waals surface area contributed by atoms with Crippen molar-refractivity contribution in [2.45, 2.75) is 27.7 Å². The molecule has 3 aromatic rings. The van der Waals surface area contributed by atoms with Crippen LogP contribution < -0.4 is 15.5 Å². The third-order valence-electron chi connectivity index (χ3n) is 4.94. The predicted molar refractivity (Wildman–Crippen MR) is 129 cm³/mol. The lowest BCUT2D eigenvalue weighted by atomic mass is 10.1. The van der Waals surface area contributed by atoms with Gasteiger partial charge < -0.3 is 15.5 Å². The molecule has 0 saturated carbocycles. The number of anilines is 4. The van der Waals surface area contributed by atoms with Crippen molar-refractivity contribution in [3.63, 3.8) is 0 Å². The van der Waals surface area contributed by atoms with Gasteiger partial charge in [-0.05, 0) is 69.2 Å². The second-order valence-electron chi connectivity index (χ2n) is 7.24. The predicted octanol–water partition coefficient (Wildman–Crippen LogP) is 5.34. The Morgan fingerprint density at radius 2 is 1.65 bits per heavy atom. The first-order valence-electron chi connectivity index (χ1n) is 10.5. The van der Waals surface area contributed by atoms with Crippen LogP contribution in [0.25, 0.3) is 6.08 Å². The van der Waals surface area contributed by atoms with E-state index in [0.717, 1.165) is 47.1 Å². The zero-order valence-corrected chi connectivity index (χ0v) is 18.5. The van der Waals surface area contributed by atoms with Crippen molar-refractivity contribution in [1.82, 2.24) is 9.97 Å². The largest absolute Gasteiger partial charge is 0.357 e. The first-order chi connectivity index (χ1) is 15.0. The molecule has 0 atom stereocenters. The Hall–Kier alpha value is -3.67. The van der Waals surface area contributed by atoms with Crippen LogP contribution in [0.15, 0.2) is 60.7 Å². The molecule has 0 aliphatic rings. The van der Waals surface area contributed by atoms with E-state index >= 15 is 0 Å². The Balaban J connectivity index is 1.64. The summed E-state index contributed by atoms with van der Waals surface area (Å²) in [6.07, 6.45) is 3.37. The summed E-state index contributed by atoms with van der Waals surface area (Å²) in [5.41, 5.74) is 4.64. The van der Waals surface area contributed by atoms with Crippen molar-refractivity contribution in [2.24, 2.45) is 0 Å². The van der Waals surface area contributed by atoms with E-state index < -0.39 is 0 Å². The summed E-state index contributed by atoms with van der Waals surface area (Å²) in [6.45, 7) is 9.97. The molecule has 2 aromatic carbocycles. The second-order valence-corrected chi connectivity index (χ2v) is 7.24. The van der Waals surface area contributed by atoms with Gasteiger partial charge in [-0.2, -0.15) is 4.98 Å². The number of benzene rings is 2. The average Bonchev–Trinajstić information content (AvgIpc) is 2.75. The van der Waals surface area contributed by atoms with Crippen molar-refractivity contribution < 1.29 is 4.79 Å².